The summed E-state index contributed by atoms with van der Waals surface area (Å²) in [6, 6.07) is 3.90. The molecule has 15 heavy (non-hydrogen) atoms. The van der Waals surface area contributed by atoms with Gasteiger partial charge in [0.15, 0.2) is 0 Å². The lowest BCUT2D eigenvalue weighted by Crippen LogP contribution is -2.02. The van der Waals surface area contributed by atoms with Crippen molar-refractivity contribution in [2.45, 2.75) is 20.8 Å². The van der Waals surface area contributed by atoms with E-state index in [1.54, 1.807) is 0 Å². The van der Waals surface area contributed by atoms with Gasteiger partial charge < -0.3 is 4.42 Å². The molecule has 0 spiro atoms. The van der Waals surface area contributed by atoms with Crippen molar-refractivity contribution in [2.75, 3.05) is 0 Å². The van der Waals surface area contributed by atoms with Crippen molar-refractivity contribution in [3.63, 3.8) is 0 Å². The van der Waals surface area contributed by atoms with Crippen molar-refractivity contribution in [2.24, 2.45) is 0 Å². The molecule has 0 saturated heterocycles. The Morgan fingerprint density at radius 2 is 1.87 bits per heavy atom. The van der Waals surface area contributed by atoms with Gasteiger partial charge in [0.25, 0.3) is 0 Å². The second-order valence-electron chi connectivity index (χ2n) is 3.78. The molecule has 1 heterocycles. The predicted octanol–water partition coefficient (Wildman–Crippen LogP) is 3.37. The number of halogens is 1. The predicted molar refractivity (Wildman–Crippen MR) is 61.7 cm³/mol. The lowest BCUT2D eigenvalue weighted by Gasteiger charge is -2.06. The monoisotopic (exact) mass is 222 g/mol. The molecule has 0 bridgehead atoms. The maximum atomic E-state index is 11.4. The molecule has 0 radical (unpaired) electrons. The number of hydrogen-bond acceptors (Lipinski definition) is 2. The summed E-state index contributed by atoms with van der Waals surface area (Å²) in [4.78, 5) is 11.4. The average Bonchev–Trinajstić information content (AvgIpc) is 2.13. The van der Waals surface area contributed by atoms with E-state index in [1.165, 1.54) is 0 Å². The first-order chi connectivity index (χ1) is 7.00. The molecular formula is C12H11ClO2. The van der Waals surface area contributed by atoms with Gasteiger partial charge in [0.1, 0.15) is 10.6 Å². The fraction of sp³-hybridized carbons (Fsp3) is 0.250. The Labute approximate surface area is 92.5 Å². The maximum Gasteiger partial charge on any atom is 0.355 e. The van der Waals surface area contributed by atoms with Crippen LogP contribution in [0.2, 0.25) is 5.02 Å². The fourth-order valence-electron chi connectivity index (χ4n) is 1.90. The number of rotatable bonds is 0. The zero-order chi connectivity index (χ0) is 11.2. The maximum absolute atomic E-state index is 11.4. The van der Waals surface area contributed by atoms with Gasteiger partial charge in [-0.25, -0.2) is 4.79 Å². The molecule has 0 aliphatic rings. The van der Waals surface area contributed by atoms with Crippen LogP contribution >= 0.6 is 11.6 Å². The van der Waals surface area contributed by atoms with Crippen molar-refractivity contribution in [1.82, 2.24) is 0 Å². The number of benzene rings is 1. The summed E-state index contributed by atoms with van der Waals surface area (Å²) in [7, 11) is 0. The second-order valence-corrected chi connectivity index (χ2v) is 4.16. The molecule has 0 amide bonds. The zero-order valence-corrected chi connectivity index (χ0v) is 9.61. The highest BCUT2D eigenvalue weighted by atomic mass is 35.5. The largest absolute Gasteiger partial charge is 0.422 e. The first kappa shape index (κ1) is 10.2. The van der Waals surface area contributed by atoms with E-state index < -0.39 is 5.63 Å². The van der Waals surface area contributed by atoms with Crippen LogP contribution in [0.25, 0.3) is 11.0 Å². The summed E-state index contributed by atoms with van der Waals surface area (Å²) in [6.45, 7) is 5.79. The van der Waals surface area contributed by atoms with E-state index in [9.17, 15) is 4.79 Å². The summed E-state index contributed by atoms with van der Waals surface area (Å²) in [6.07, 6.45) is 0. The van der Waals surface area contributed by atoms with E-state index in [0.717, 1.165) is 22.1 Å². The van der Waals surface area contributed by atoms with E-state index >= 15 is 0 Å². The van der Waals surface area contributed by atoms with E-state index in [2.05, 4.69) is 0 Å². The normalized spacial score (nSPS) is 10.9. The molecule has 2 rings (SSSR count). The molecule has 2 aromatic rings. The molecular weight excluding hydrogens is 212 g/mol. The molecule has 0 fully saturated rings. The molecule has 2 nitrogen and oxygen atoms in total. The minimum Gasteiger partial charge on any atom is -0.422 e. The zero-order valence-electron chi connectivity index (χ0n) is 8.85. The van der Waals surface area contributed by atoms with E-state index in [0.29, 0.717) is 5.58 Å². The second kappa shape index (κ2) is 3.38. The van der Waals surface area contributed by atoms with Gasteiger partial charge >= 0.3 is 5.63 Å². The third-order valence-corrected chi connectivity index (χ3v) is 2.97. The van der Waals surface area contributed by atoms with Gasteiger partial charge in [0, 0.05) is 5.39 Å². The third-order valence-electron chi connectivity index (χ3n) is 2.53. The Bertz CT molecular complexity index is 597. The molecule has 0 N–H and O–H groups in total. The Balaban J connectivity index is 3.05. The quantitative estimate of drug-likeness (QED) is 0.640. The van der Waals surface area contributed by atoms with Crippen LogP contribution in [0.15, 0.2) is 21.3 Å². The van der Waals surface area contributed by atoms with Crippen LogP contribution < -0.4 is 5.63 Å². The number of aryl methyl sites for hydroxylation is 3. The van der Waals surface area contributed by atoms with E-state index in [4.69, 9.17) is 16.0 Å². The first-order valence-electron chi connectivity index (χ1n) is 4.71. The van der Waals surface area contributed by atoms with E-state index in [-0.39, 0.29) is 5.02 Å². The summed E-state index contributed by atoms with van der Waals surface area (Å²) in [5.41, 5.74) is 3.09. The van der Waals surface area contributed by atoms with Crippen LogP contribution in [-0.4, -0.2) is 0 Å². The Morgan fingerprint density at radius 3 is 2.53 bits per heavy atom. The van der Waals surface area contributed by atoms with Gasteiger partial charge in [-0.15, -0.1) is 0 Å². The molecule has 78 valence electrons. The highest BCUT2D eigenvalue weighted by molar-refractivity contribution is 6.31. The minimum absolute atomic E-state index is 0.175. The Hall–Kier alpha value is -1.28. The minimum atomic E-state index is -0.466. The molecule has 1 aromatic heterocycles. The van der Waals surface area contributed by atoms with Crippen LogP contribution in [-0.2, 0) is 0 Å². The van der Waals surface area contributed by atoms with Crippen molar-refractivity contribution in [1.29, 1.82) is 0 Å². The topological polar surface area (TPSA) is 30.2 Å². The lowest BCUT2D eigenvalue weighted by molar-refractivity contribution is 0.559. The molecule has 0 unspecified atom stereocenters. The SMILES string of the molecule is Cc1cc(C)c2c(C)c(Cl)c(=O)oc2c1. The van der Waals surface area contributed by atoms with Gasteiger partial charge in [-0.2, -0.15) is 0 Å². The van der Waals surface area contributed by atoms with Gasteiger partial charge in [0.2, 0.25) is 0 Å². The molecule has 1 aromatic carbocycles. The highest BCUT2D eigenvalue weighted by Crippen LogP contribution is 2.26. The average molecular weight is 223 g/mol. The molecule has 0 atom stereocenters. The molecule has 0 aliphatic heterocycles. The van der Waals surface area contributed by atoms with Crippen molar-refractivity contribution in [3.8, 4) is 0 Å². The summed E-state index contributed by atoms with van der Waals surface area (Å²) < 4.78 is 5.15. The summed E-state index contributed by atoms with van der Waals surface area (Å²) in [5.74, 6) is 0. The smallest absolute Gasteiger partial charge is 0.355 e. The first-order valence-corrected chi connectivity index (χ1v) is 5.08. The summed E-state index contributed by atoms with van der Waals surface area (Å²) in [5, 5.41) is 1.11. The summed E-state index contributed by atoms with van der Waals surface area (Å²) >= 11 is 5.86. The van der Waals surface area contributed by atoms with Crippen molar-refractivity contribution in [3.05, 3.63) is 44.3 Å². The van der Waals surface area contributed by atoms with Gasteiger partial charge in [-0.1, -0.05) is 17.7 Å². The lowest BCUT2D eigenvalue weighted by atomic mass is 10.0. The Morgan fingerprint density at radius 1 is 1.20 bits per heavy atom. The number of hydrogen-bond donors (Lipinski definition) is 0. The van der Waals surface area contributed by atoms with Gasteiger partial charge in [0.05, 0.1) is 0 Å². The fourth-order valence-corrected chi connectivity index (χ4v) is 2.03. The van der Waals surface area contributed by atoms with E-state index in [1.807, 2.05) is 32.9 Å². The number of fused-ring (bicyclic) bond motifs is 1. The van der Waals surface area contributed by atoms with Crippen LogP contribution in [0, 0.1) is 20.8 Å². The van der Waals surface area contributed by atoms with Crippen LogP contribution in [0.4, 0.5) is 0 Å². The van der Waals surface area contributed by atoms with Crippen LogP contribution in [0.3, 0.4) is 0 Å². The van der Waals surface area contributed by atoms with Crippen LogP contribution in [0.5, 0.6) is 0 Å². The molecule has 0 aliphatic carbocycles. The molecule has 3 heteroatoms. The van der Waals surface area contributed by atoms with Gasteiger partial charge in [-0.05, 0) is 43.5 Å². The van der Waals surface area contributed by atoms with Gasteiger partial charge in [-0.3, -0.25) is 0 Å². The molecule has 0 saturated carbocycles. The third kappa shape index (κ3) is 1.55. The van der Waals surface area contributed by atoms with Crippen molar-refractivity contribution >= 4 is 22.6 Å². The standard InChI is InChI=1S/C12H11ClO2/c1-6-4-7(2)10-8(3)11(13)12(14)15-9(10)5-6/h4-5H,1-3H3. The Kier molecular flexibility index (Phi) is 2.31. The van der Waals surface area contributed by atoms with Crippen LogP contribution in [0.1, 0.15) is 16.7 Å². The van der Waals surface area contributed by atoms with Crippen molar-refractivity contribution < 1.29 is 4.42 Å². The highest BCUT2D eigenvalue weighted by Gasteiger charge is 2.11.